The minimum absolute atomic E-state index is 0.248. The van der Waals surface area contributed by atoms with Crippen molar-refractivity contribution in [3.63, 3.8) is 0 Å². The van der Waals surface area contributed by atoms with E-state index in [1.165, 1.54) is 25.7 Å². The third-order valence-electron chi connectivity index (χ3n) is 5.37. The Hall–Kier alpha value is -0.120. The second-order valence-electron chi connectivity index (χ2n) is 7.17. The van der Waals surface area contributed by atoms with E-state index in [0.717, 1.165) is 31.5 Å². The van der Waals surface area contributed by atoms with Gasteiger partial charge in [-0.15, -0.1) is 0 Å². The van der Waals surface area contributed by atoms with Gasteiger partial charge in [-0.3, -0.25) is 4.90 Å². The highest BCUT2D eigenvalue weighted by Gasteiger charge is 2.42. The molecule has 3 heteroatoms. The molecule has 0 bridgehead atoms. The highest BCUT2D eigenvalue weighted by Crippen LogP contribution is 2.39. The Morgan fingerprint density at radius 2 is 1.68 bits per heavy atom. The van der Waals surface area contributed by atoms with E-state index < -0.39 is 0 Å². The molecule has 0 amide bonds. The summed E-state index contributed by atoms with van der Waals surface area (Å²) in [7, 11) is 0. The average molecular weight is 268 g/mol. The molecule has 112 valence electrons. The summed E-state index contributed by atoms with van der Waals surface area (Å²) < 4.78 is 5.87. The van der Waals surface area contributed by atoms with Crippen LogP contribution in [0.5, 0.6) is 0 Å². The van der Waals surface area contributed by atoms with Gasteiger partial charge in [-0.2, -0.15) is 0 Å². The van der Waals surface area contributed by atoms with Gasteiger partial charge in [-0.05, 0) is 51.4 Å². The maximum atomic E-state index is 6.20. The van der Waals surface area contributed by atoms with Gasteiger partial charge in [-0.1, -0.05) is 13.8 Å². The van der Waals surface area contributed by atoms with Crippen LogP contribution in [0, 0.1) is 11.8 Å². The van der Waals surface area contributed by atoms with E-state index in [1.807, 2.05) is 0 Å². The van der Waals surface area contributed by atoms with Crippen molar-refractivity contribution in [1.29, 1.82) is 0 Å². The minimum Gasteiger partial charge on any atom is -0.373 e. The molecule has 2 fully saturated rings. The molecular weight excluding hydrogens is 236 g/mol. The lowest BCUT2D eigenvalue weighted by atomic mass is 9.71. The van der Waals surface area contributed by atoms with Crippen LogP contribution in [0.2, 0.25) is 0 Å². The normalized spacial score (nSPS) is 41.7. The summed E-state index contributed by atoms with van der Waals surface area (Å²) in [6.07, 6.45) is 5.91. The summed E-state index contributed by atoms with van der Waals surface area (Å²) in [4.78, 5) is 2.64. The van der Waals surface area contributed by atoms with Crippen molar-refractivity contribution in [2.24, 2.45) is 17.6 Å². The maximum absolute atomic E-state index is 6.20. The molecule has 1 heterocycles. The van der Waals surface area contributed by atoms with Gasteiger partial charge >= 0.3 is 0 Å². The van der Waals surface area contributed by atoms with Crippen molar-refractivity contribution in [2.45, 2.75) is 71.1 Å². The molecule has 0 radical (unpaired) electrons. The van der Waals surface area contributed by atoms with Gasteiger partial charge in [0.25, 0.3) is 0 Å². The summed E-state index contributed by atoms with van der Waals surface area (Å²) in [5.74, 6) is 1.72. The molecule has 2 aliphatic rings. The van der Waals surface area contributed by atoms with Gasteiger partial charge in [-0.25, -0.2) is 0 Å². The van der Waals surface area contributed by atoms with Crippen LogP contribution in [-0.4, -0.2) is 42.3 Å². The molecule has 3 nitrogen and oxygen atoms in total. The highest BCUT2D eigenvalue weighted by molar-refractivity contribution is 4.98. The van der Waals surface area contributed by atoms with Gasteiger partial charge in [0.15, 0.2) is 0 Å². The van der Waals surface area contributed by atoms with Crippen molar-refractivity contribution in [3.8, 4) is 0 Å². The minimum atomic E-state index is 0.248. The number of hydrogen-bond acceptors (Lipinski definition) is 3. The molecule has 0 unspecified atom stereocenters. The third kappa shape index (κ3) is 3.32. The smallest absolute Gasteiger partial charge is 0.0678 e. The first-order chi connectivity index (χ1) is 8.97. The lowest BCUT2D eigenvalue weighted by molar-refractivity contribution is -0.111. The molecule has 0 spiro atoms. The molecule has 1 saturated carbocycles. The van der Waals surface area contributed by atoms with Crippen LogP contribution in [0.15, 0.2) is 0 Å². The standard InChI is InChI=1S/C16H32N2O/c1-12(2)15-5-7-16(11-17,8-6-15)18-9-13(3)19-14(4)10-18/h12-15H,5-11,17H2,1-4H3/t13-,14+,15?,16?. The summed E-state index contributed by atoms with van der Waals surface area (Å²) in [6, 6.07) is 0. The van der Waals surface area contributed by atoms with Crippen LogP contribution in [0.3, 0.4) is 0 Å². The summed E-state index contributed by atoms with van der Waals surface area (Å²) in [5.41, 5.74) is 6.45. The largest absolute Gasteiger partial charge is 0.373 e. The summed E-state index contributed by atoms with van der Waals surface area (Å²) in [5, 5.41) is 0. The molecule has 19 heavy (non-hydrogen) atoms. The fourth-order valence-electron chi connectivity index (χ4n) is 4.06. The summed E-state index contributed by atoms with van der Waals surface area (Å²) >= 11 is 0. The molecule has 1 saturated heterocycles. The Bertz CT molecular complexity index is 274. The Balaban J connectivity index is 2.03. The number of morpholine rings is 1. The van der Waals surface area contributed by atoms with Gasteiger partial charge in [0.1, 0.15) is 0 Å². The monoisotopic (exact) mass is 268 g/mol. The molecular formula is C16H32N2O. The van der Waals surface area contributed by atoms with E-state index in [-0.39, 0.29) is 5.54 Å². The second kappa shape index (κ2) is 6.11. The first-order valence-corrected chi connectivity index (χ1v) is 8.07. The predicted molar refractivity (Wildman–Crippen MR) is 80.2 cm³/mol. The Morgan fingerprint density at radius 1 is 1.16 bits per heavy atom. The van der Waals surface area contributed by atoms with Crippen molar-refractivity contribution in [2.75, 3.05) is 19.6 Å². The van der Waals surface area contributed by atoms with Crippen LogP contribution in [-0.2, 0) is 4.74 Å². The first-order valence-electron chi connectivity index (χ1n) is 8.07. The highest BCUT2D eigenvalue weighted by atomic mass is 16.5. The number of hydrogen-bond donors (Lipinski definition) is 1. The Kier molecular flexibility index (Phi) is 4.91. The number of nitrogens with zero attached hydrogens (tertiary/aromatic N) is 1. The van der Waals surface area contributed by atoms with Crippen molar-refractivity contribution >= 4 is 0 Å². The lowest BCUT2D eigenvalue weighted by Gasteiger charge is -2.51. The number of ether oxygens (including phenoxy) is 1. The second-order valence-corrected chi connectivity index (χ2v) is 7.17. The van der Waals surface area contributed by atoms with Crippen LogP contribution in [0.4, 0.5) is 0 Å². The van der Waals surface area contributed by atoms with Crippen molar-refractivity contribution < 1.29 is 4.74 Å². The average Bonchev–Trinajstić information content (AvgIpc) is 2.37. The predicted octanol–water partition coefficient (Wildman–Crippen LogP) is 2.64. The van der Waals surface area contributed by atoms with Gasteiger partial charge in [0.2, 0.25) is 0 Å². The zero-order chi connectivity index (χ0) is 14.0. The SMILES string of the molecule is CC(C)C1CCC(CN)(N2C[C@@H](C)O[C@@H](C)C2)CC1. The van der Waals surface area contributed by atoms with Crippen LogP contribution >= 0.6 is 0 Å². The fourth-order valence-corrected chi connectivity index (χ4v) is 4.06. The van der Waals surface area contributed by atoms with Crippen LogP contribution in [0.25, 0.3) is 0 Å². The van der Waals surface area contributed by atoms with E-state index in [9.17, 15) is 0 Å². The zero-order valence-electron chi connectivity index (χ0n) is 13.2. The first kappa shape index (κ1) is 15.3. The number of nitrogens with two attached hydrogens (primary N) is 1. The van der Waals surface area contributed by atoms with Crippen LogP contribution < -0.4 is 5.73 Å². The van der Waals surface area contributed by atoms with E-state index >= 15 is 0 Å². The quantitative estimate of drug-likeness (QED) is 0.855. The van der Waals surface area contributed by atoms with Crippen molar-refractivity contribution in [1.82, 2.24) is 4.90 Å². The number of rotatable bonds is 3. The summed E-state index contributed by atoms with van der Waals surface area (Å²) in [6.45, 7) is 12.0. The third-order valence-corrected chi connectivity index (χ3v) is 5.37. The molecule has 0 aromatic rings. The van der Waals surface area contributed by atoms with Gasteiger partial charge < -0.3 is 10.5 Å². The molecule has 0 aromatic carbocycles. The van der Waals surface area contributed by atoms with E-state index in [1.54, 1.807) is 0 Å². The molecule has 2 atom stereocenters. The molecule has 1 aliphatic carbocycles. The molecule has 2 rings (SSSR count). The van der Waals surface area contributed by atoms with Crippen LogP contribution in [0.1, 0.15) is 53.4 Å². The molecule has 1 aliphatic heterocycles. The zero-order valence-corrected chi connectivity index (χ0v) is 13.2. The van der Waals surface area contributed by atoms with Crippen molar-refractivity contribution in [3.05, 3.63) is 0 Å². The van der Waals surface area contributed by atoms with E-state index in [2.05, 4.69) is 32.6 Å². The molecule has 2 N–H and O–H groups in total. The van der Waals surface area contributed by atoms with E-state index in [4.69, 9.17) is 10.5 Å². The maximum Gasteiger partial charge on any atom is 0.0678 e. The Morgan fingerprint density at radius 3 is 2.11 bits per heavy atom. The van der Waals surface area contributed by atoms with Gasteiger partial charge in [0, 0.05) is 25.2 Å². The molecule has 0 aromatic heterocycles. The fraction of sp³-hybridized carbons (Fsp3) is 1.00. The Labute approximate surface area is 118 Å². The topological polar surface area (TPSA) is 38.5 Å². The van der Waals surface area contributed by atoms with Gasteiger partial charge in [0.05, 0.1) is 12.2 Å². The van der Waals surface area contributed by atoms with E-state index in [0.29, 0.717) is 12.2 Å². The lowest BCUT2D eigenvalue weighted by Crippen LogP contribution is -2.61.